The molecule has 1 aromatic carbocycles. The Morgan fingerprint density at radius 2 is 1.68 bits per heavy atom. The van der Waals surface area contributed by atoms with Gasteiger partial charge in [-0.3, -0.25) is 4.79 Å². The Balaban J connectivity index is 1.73. The van der Waals surface area contributed by atoms with E-state index in [1.54, 1.807) is 6.07 Å². The number of benzene rings is 1. The Bertz CT molecular complexity index is 778. The summed E-state index contributed by atoms with van der Waals surface area (Å²) in [4.78, 5) is 26.4. The Kier molecular flexibility index (Phi) is 6.85. The molecule has 0 unspecified atom stereocenters. The molecule has 0 radical (unpaired) electrons. The summed E-state index contributed by atoms with van der Waals surface area (Å²) >= 11 is 0. The second kappa shape index (κ2) is 9.53. The Morgan fingerprint density at radius 3 is 2.29 bits per heavy atom. The molecular weight excluding hydrogens is 350 g/mol. The van der Waals surface area contributed by atoms with Crippen LogP contribution < -0.4 is 15.1 Å². The molecule has 0 atom stereocenters. The monoisotopic (exact) mass is 381 g/mol. The van der Waals surface area contributed by atoms with Crippen molar-refractivity contribution in [1.82, 2.24) is 9.97 Å². The van der Waals surface area contributed by atoms with E-state index in [1.807, 2.05) is 31.2 Å². The second-order valence-electron chi connectivity index (χ2n) is 7.27. The second-order valence-corrected chi connectivity index (χ2v) is 7.27. The molecule has 0 bridgehead atoms. The maximum absolute atomic E-state index is 12.8. The third-order valence-electron chi connectivity index (χ3n) is 5.22. The summed E-state index contributed by atoms with van der Waals surface area (Å²) < 4.78 is 0. The third-order valence-corrected chi connectivity index (χ3v) is 5.22. The molecule has 2 aromatic rings. The maximum atomic E-state index is 12.8. The van der Waals surface area contributed by atoms with Gasteiger partial charge in [-0.25, -0.2) is 9.97 Å². The average Bonchev–Trinajstić information content (AvgIpc) is 2.99. The van der Waals surface area contributed by atoms with E-state index in [4.69, 9.17) is 0 Å². The SMILES string of the molecule is CCN(CC)c1ccc(NC(=O)c2cc(C)nc(N3CCCCCC3)n2)cc1. The van der Waals surface area contributed by atoms with E-state index in [9.17, 15) is 4.79 Å². The van der Waals surface area contributed by atoms with E-state index in [0.717, 1.165) is 56.1 Å². The summed E-state index contributed by atoms with van der Waals surface area (Å²) in [6, 6.07) is 9.71. The van der Waals surface area contributed by atoms with Gasteiger partial charge in [0.2, 0.25) is 5.95 Å². The zero-order chi connectivity index (χ0) is 19.9. The minimum Gasteiger partial charge on any atom is -0.372 e. The lowest BCUT2D eigenvalue weighted by atomic mass is 10.2. The van der Waals surface area contributed by atoms with Crippen molar-refractivity contribution >= 4 is 23.2 Å². The van der Waals surface area contributed by atoms with Crippen molar-refractivity contribution in [2.45, 2.75) is 46.5 Å². The van der Waals surface area contributed by atoms with Gasteiger partial charge in [0.05, 0.1) is 0 Å². The number of aryl methyl sites for hydroxylation is 1. The van der Waals surface area contributed by atoms with Gasteiger partial charge in [-0.15, -0.1) is 0 Å². The zero-order valence-corrected chi connectivity index (χ0v) is 17.2. The molecule has 6 nitrogen and oxygen atoms in total. The van der Waals surface area contributed by atoms with Crippen LogP contribution >= 0.6 is 0 Å². The first-order valence-electron chi connectivity index (χ1n) is 10.4. The third kappa shape index (κ3) is 5.00. The van der Waals surface area contributed by atoms with Gasteiger partial charge in [-0.2, -0.15) is 0 Å². The van der Waals surface area contributed by atoms with Crippen LogP contribution in [-0.4, -0.2) is 42.1 Å². The van der Waals surface area contributed by atoms with Crippen LogP contribution in [0.3, 0.4) is 0 Å². The van der Waals surface area contributed by atoms with E-state index in [0.29, 0.717) is 11.6 Å². The lowest BCUT2D eigenvalue weighted by Crippen LogP contribution is -2.27. The first kappa shape index (κ1) is 20.1. The summed E-state index contributed by atoms with van der Waals surface area (Å²) in [6.45, 7) is 10.0. The van der Waals surface area contributed by atoms with Crippen molar-refractivity contribution in [2.75, 3.05) is 41.3 Å². The van der Waals surface area contributed by atoms with Gasteiger partial charge in [-0.1, -0.05) is 12.8 Å². The first-order chi connectivity index (χ1) is 13.6. The Labute approximate surface area is 168 Å². The molecule has 0 spiro atoms. The van der Waals surface area contributed by atoms with Crippen LogP contribution in [0.2, 0.25) is 0 Å². The number of rotatable bonds is 6. The molecule has 1 aliphatic rings. The number of nitrogens with one attached hydrogen (secondary N) is 1. The van der Waals surface area contributed by atoms with Gasteiger partial charge in [0.1, 0.15) is 5.69 Å². The van der Waals surface area contributed by atoms with Crippen molar-refractivity contribution in [1.29, 1.82) is 0 Å². The molecule has 1 N–H and O–H groups in total. The topological polar surface area (TPSA) is 61.4 Å². The van der Waals surface area contributed by atoms with Crippen LogP contribution in [0.4, 0.5) is 17.3 Å². The predicted molar refractivity (Wildman–Crippen MR) is 115 cm³/mol. The molecular formula is C22H31N5O. The average molecular weight is 382 g/mol. The molecule has 1 aromatic heterocycles. The van der Waals surface area contributed by atoms with E-state index in [-0.39, 0.29) is 5.91 Å². The van der Waals surface area contributed by atoms with E-state index >= 15 is 0 Å². The molecule has 1 aliphatic heterocycles. The van der Waals surface area contributed by atoms with Crippen molar-refractivity contribution < 1.29 is 4.79 Å². The standard InChI is InChI=1S/C22H31N5O/c1-4-26(5-2)19-12-10-18(11-13-19)24-21(28)20-16-17(3)23-22(25-20)27-14-8-6-7-9-15-27/h10-13,16H,4-9,14-15H2,1-3H3,(H,24,28). The number of anilines is 3. The lowest BCUT2D eigenvalue weighted by molar-refractivity contribution is 0.102. The lowest BCUT2D eigenvalue weighted by Gasteiger charge is -2.21. The van der Waals surface area contributed by atoms with Gasteiger partial charge in [0.25, 0.3) is 5.91 Å². The highest BCUT2D eigenvalue weighted by Gasteiger charge is 2.17. The van der Waals surface area contributed by atoms with Gasteiger partial charge in [-0.05, 0) is 63.9 Å². The highest BCUT2D eigenvalue weighted by Crippen LogP contribution is 2.20. The fourth-order valence-electron chi connectivity index (χ4n) is 3.62. The summed E-state index contributed by atoms with van der Waals surface area (Å²) in [5.41, 5.74) is 3.16. The van der Waals surface area contributed by atoms with Crippen LogP contribution in [0.5, 0.6) is 0 Å². The van der Waals surface area contributed by atoms with E-state index < -0.39 is 0 Å². The zero-order valence-electron chi connectivity index (χ0n) is 17.2. The molecule has 3 rings (SSSR count). The highest BCUT2D eigenvalue weighted by atomic mass is 16.1. The number of hydrogen-bond donors (Lipinski definition) is 1. The van der Waals surface area contributed by atoms with Crippen LogP contribution in [0.15, 0.2) is 30.3 Å². The fourth-order valence-corrected chi connectivity index (χ4v) is 3.62. The first-order valence-corrected chi connectivity index (χ1v) is 10.4. The largest absolute Gasteiger partial charge is 0.372 e. The smallest absolute Gasteiger partial charge is 0.274 e. The molecule has 150 valence electrons. The minimum atomic E-state index is -0.197. The van der Waals surface area contributed by atoms with Crippen LogP contribution in [0.1, 0.15) is 55.7 Å². The summed E-state index contributed by atoms with van der Waals surface area (Å²) in [5, 5.41) is 2.96. The highest BCUT2D eigenvalue weighted by molar-refractivity contribution is 6.03. The van der Waals surface area contributed by atoms with Crippen molar-refractivity contribution in [2.24, 2.45) is 0 Å². The maximum Gasteiger partial charge on any atom is 0.274 e. The number of hydrogen-bond acceptors (Lipinski definition) is 5. The number of aromatic nitrogens is 2. The Hall–Kier alpha value is -2.63. The Morgan fingerprint density at radius 1 is 1.04 bits per heavy atom. The molecule has 2 heterocycles. The van der Waals surface area contributed by atoms with Crippen molar-refractivity contribution in [3.05, 3.63) is 41.7 Å². The van der Waals surface area contributed by atoms with Crippen LogP contribution in [0.25, 0.3) is 0 Å². The molecule has 28 heavy (non-hydrogen) atoms. The van der Waals surface area contributed by atoms with E-state index in [1.165, 1.54) is 12.8 Å². The van der Waals surface area contributed by atoms with Crippen LogP contribution in [0, 0.1) is 6.92 Å². The summed E-state index contributed by atoms with van der Waals surface area (Å²) in [6.07, 6.45) is 4.80. The van der Waals surface area contributed by atoms with Crippen molar-refractivity contribution in [3.63, 3.8) is 0 Å². The molecule has 1 saturated heterocycles. The molecule has 6 heteroatoms. The molecule has 0 aliphatic carbocycles. The molecule has 1 amide bonds. The summed E-state index contributed by atoms with van der Waals surface area (Å²) in [7, 11) is 0. The molecule has 1 fully saturated rings. The predicted octanol–water partition coefficient (Wildman–Crippen LogP) is 4.26. The summed E-state index contributed by atoms with van der Waals surface area (Å²) in [5.74, 6) is 0.473. The van der Waals surface area contributed by atoms with Gasteiger partial charge < -0.3 is 15.1 Å². The van der Waals surface area contributed by atoms with E-state index in [2.05, 4.69) is 38.9 Å². The van der Waals surface area contributed by atoms with Gasteiger partial charge in [0.15, 0.2) is 0 Å². The number of carbonyl (C=O) groups is 1. The number of carbonyl (C=O) groups excluding carboxylic acids is 1. The van der Waals surface area contributed by atoms with Crippen molar-refractivity contribution in [3.8, 4) is 0 Å². The quantitative estimate of drug-likeness (QED) is 0.810. The van der Waals surface area contributed by atoms with Crippen LogP contribution in [-0.2, 0) is 0 Å². The normalized spacial score (nSPS) is 14.5. The number of nitrogens with zero attached hydrogens (tertiary/aromatic N) is 4. The number of amides is 1. The minimum absolute atomic E-state index is 0.197. The molecule has 0 saturated carbocycles. The van der Waals surface area contributed by atoms with Gasteiger partial charge in [0, 0.05) is 43.2 Å². The fraction of sp³-hybridized carbons (Fsp3) is 0.500. The van der Waals surface area contributed by atoms with Gasteiger partial charge >= 0.3 is 0 Å².